The predicted molar refractivity (Wildman–Crippen MR) is 47.2 cm³/mol. The third-order valence-electron chi connectivity index (χ3n) is 1.76. The van der Waals surface area contributed by atoms with E-state index in [1.165, 1.54) is 5.57 Å². The number of hydrogen-bond donors (Lipinski definition) is 0. The van der Waals surface area contributed by atoms with Crippen molar-refractivity contribution in [3.8, 4) is 0 Å². The van der Waals surface area contributed by atoms with Crippen molar-refractivity contribution in [2.24, 2.45) is 0 Å². The average Bonchev–Trinajstić information content (AvgIpc) is 2.04. The number of allylic oxidation sites excluding steroid dienone is 3. The Balaban J connectivity index is 2.90. The van der Waals surface area contributed by atoms with Gasteiger partial charge in [0.05, 0.1) is 6.61 Å². The lowest BCUT2D eigenvalue weighted by Crippen LogP contribution is -2.06. The molecule has 0 saturated carbocycles. The van der Waals surface area contributed by atoms with Crippen LogP contribution in [0.4, 0.5) is 0 Å². The summed E-state index contributed by atoms with van der Waals surface area (Å²) in [5.74, 6) is 0.950. The maximum atomic E-state index is 5.45. The van der Waals surface area contributed by atoms with Gasteiger partial charge in [-0.3, -0.25) is 0 Å². The zero-order valence-corrected chi connectivity index (χ0v) is 7.02. The van der Waals surface area contributed by atoms with Crippen LogP contribution in [0.5, 0.6) is 0 Å². The lowest BCUT2D eigenvalue weighted by Gasteiger charge is -2.19. The van der Waals surface area contributed by atoms with Gasteiger partial charge >= 0.3 is 0 Å². The lowest BCUT2D eigenvalue weighted by molar-refractivity contribution is 0.197. The second kappa shape index (κ2) is 3.42. The van der Waals surface area contributed by atoms with E-state index < -0.39 is 0 Å². The van der Waals surface area contributed by atoms with Crippen molar-refractivity contribution >= 4 is 0 Å². The van der Waals surface area contributed by atoms with Gasteiger partial charge in [0.1, 0.15) is 5.76 Å². The van der Waals surface area contributed by atoms with E-state index in [4.69, 9.17) is 4.74 Å². The molecule has 0 aromatic rings. The van der Waals surface area contributed by atoms with E-state index in [2.05, 4.69) is 13.2 Å². The summed E-state index contributed by atoms with van der Waals surface area (Å²) in [5.41, 5.74) is 2.20. The molecule has 11 heavy (non-hydrogen) atoms. The fraction of sp³-hybridized carbons (Fsp3) is 0.400. The van der Waals surface area contributed by atoms with Crippen molar-refractivity contribution in [3.63, 3.8) is 0 Å². The summed E-state index contributed by atoms with van der Waals surface area (Å²) in [6.45, 7) is 10.4. The third kappa shape index (κ3) is 1.73. The molecule has 0 unspecified atom stereocenters. The van der Waals surface area contributed by atoms with Crippen LogP contribution in [-0.2, 0) is 4.74 Å². The first kappa shape index (κ1) is 8.12. The molecule has 1 nitrogen and oxygen atoms in total. The SMILES string of the molecule is C=CC1=C(C(=C)C)OCCC1. The molecule has 0 fully saturated rings. The molecular weight excluding hydrogens is 136 g/mol. The highest BCUT2D eigenvalue weighted by molar-refractivity contribution is 5.33. The van der Waals surface area contributed by atoms with Gasteiger partial charge in [-0.2, -0.15) is 0 Å². The Morgan fingerprint density at radius 3 is 2.82 bits per heavy atom. The van der Waals surface area contributed by atoms with Crippen molar-refractivity contribution in [3.05, 3.63) is 36.1 Å². The zero-order valence-electron chi connectivity index (χ0n) is 7.02. The van der Waals surface area contributed by atoms with Gasteiger partial charge in [0.25, 0.3) is 0 Å². The summed E-state index contributed by atoms with van der Waals surface area (Å²) in [5, 5.41) is 0. The summed E-state index contributed by atoms with van der Waals surface area (Å²) in [6, 6.07) is 0. The smallest absolute Gasteiger partial charge is 0.124 e. The molecule has 1 aliphatic rings. The Morgan fingerprint density at radius 1 is 1.64 bits per heavy atom. The van der Waals surface area contributed by atoms with Crippen LogP contribution in [0, 0.1) is 0 Å². The van der Waals surface area contributed by atoms with E-state index in [1.807, 2.05) is 13.0 Å². The van der Waals surface area contributed by atoms with Gasteiger partial charge in [0, 0.05) is 0 Å². The highest BCUT2D eigenvalue weighted by Gasteiger charge is 2.11. The third-order valence-corrected chi connectivity index (χ3v) is 1.76. The first-order valence-corrected chi connectivity index (χ1v) is 3.90. The molecule has 0 aromatic heterocycles. The van der Waals surface area contributed by atoms with Gasteiger partial charge in [0.2, 0.25) is 0 Å². The van der Waals surface area contributed by atoms with E-state index in [-0.39, 0.29) is 0 Å². The largest absolute Gasteiger partial charge is 0.493 e. The molecule has 1 heteroatoms. The summed E-state index contributed by atoms with van der Waals surface area (Å²) in [4.78, 5) is 0. The minimum absolute atomic E-state index is 0.819. The van der Waals surface area contributed by atoms with Gasteiger partial charge in [-0.15, -0.1) is 0 Å². The van der Waals surface area contributed by atoms with Gasteiger partial charge in [-0.25, -0.2) is 0 Å². The van der Waals surface area contributed by atoms with Crippen LogP contribution in [0.25, 0.3) is 0 Å². The van der Waals surface area contributed by atoms with Gasteiger partial charge in [-0.05, 0) is 30.9 Å². The summed E-state index contributed by atoms with van der Waals surface area (Å²) >= 11 is 0. The van der Waals surface area contributed by atoms with Crippen molar-refractivity contribution in [1.82, 2.24) is 0 Å². The molecule has 0 N–H and O–H groups in total. The fourth-order valence-corrected chi connectivity index (χ4v) is 1.24. The molecule has 0 atom stereocenters. The average molecular weight is 150 g/mol. The van der Waals surface area contributed by atoms with Crippen LogP contribution in [0.15, 0.2) is 36.1 Å². The summed E-state index contributed by atoms with van der Waals surface area (Å²) in [7, 11) is 0. The van der Waals surface area contributed by atoms with E-state index >= 15 is 0 Å². The molecule has 0 spiro atoms. The molecule has 1 aliphatic heterocycles. The highest BCUT2D eigenvalue weighted by Crippen LogP contribution is 2.24. The zero-order chi connectivity index (χ0) is 8.27. The Bertz CT molecular complexity index is 211. The molecule has 0 radical (unpaired) electrons. The standard InChI is InChI=1S/C10H14O/c1-4-9-6-5-7-11-10(9)8(2)3/h4H,1-2,5-7H2,3H3. The van der Waals surface area contributed by atoms with Gasteiger partial charge < -0.3 is 4.74 Å². The van der Waals surface area contributed by atoms with Gasteiger partial charge in [0.15, 0.2) is 0 Å². The first-order chi connectivity index (χ1) is 5.25. The Morgan fingerprint density at radius 2 is 2.36 bits per heavy atom. The number of rotatable bonds is 2. The van der Waals surface area contributed by atoms with Crippen LogP contribution in [0.2, 0.25) is 0 Å². The minimum Gasteiger partial charge on any atom is -0.493 e. The van der Waals surface area contributed by atoms with Gasteiger partial charge in [-0.1, -0.05) is 19.2 Å². The van der Waals surface area contributed by atoms with Crippen LogP contribution < -0.4 is 0 Å². The van der Waals surface area contributed by atoms with E-state index in [0.717, 1.165) is 30.8 Å². The summed E-state index contributed by atoms with van der Waals surface area (Å²) < 4.78 is 5.45. The first-order valence-electron chi connectivity index (χ1n) is 3.90. The Labute approximate surface area is 68.1 Å². The fourth-order valence-electron chi connectivity index (χ4n) is 1.24. The highest BCUT2D eigenvalue weighted by atomic mass is 16.5. The van der Waals surface area contributed by atoms with Crippen molar-refractivity contribution < 1.29 is 4.74 Å². The predicted octanol–water partition coefficient (Wildman–Crippen LogP) is 2.81. The minimum atomic E-state index is 0.819. The van der Waals surface area contributed by atoms with E-state index in [1.54, 1.807) is 0 Å². The number of hydrogen-bond acceptors (Lipinski definition) is 1. The molecule has 0 aliphatic carbocycles. The van der Waals surface area contributed by atoms with Crippen LogP contribution in [0.1, 0.15) is 19.8 Å². The van der Waals surface area contributed by atoms with Crippen LogP contribution >= 0.6 is 0 Å². The quantitative estimate of drug-likeness (QED) is 0.588. The van der Waals surface area contributed by atoms with Crippen molar-refractivity contribution in [2.45, 2.75) is 19.8 Å². The second-order valence-electron chi connectivity index (χ2n) is 2.79. The molecular formula is C10H14O. The maximum Gasteiger partial charge on any atom is 0.124 e. The molecule has 1 heterocycles. The van der Waals surface area contributed by atoms with Crippen molar-refractivity contribution in [2.75, 3.05) is 6.61 Å². The number of ether oxygens (including phenoxy) is 1. The van der Waals surface area contributed by atoms with E-state index in [0.29, 0.717) is 0 Å². The van der Waals surface area contributed by atoms with Crippen LogP contribution in [0.3, 0.4) is 0 Å². The molecule has 0 aromatic carbocycles. The normalized spacial score (nSPS) is 17.5. The molecule has 0 bridgehead atoms. The molecule has 60 valence electrons. The van der Waals surface area contributed by atoms with E-state index in [9.17, 15) is 0 Å². The topological polar surface area (TPSA) is 9.23 Å². The summed E-state index contributed by atoms with van der Waals surface area (Å²) in [6.07, 6.45) is 4.03. The molecule has 1 rings (SSSR count). The molecule has 0 saturated heterocycles. The van der Waals surface area contributed by atoms with Crippen molar-refractivity contribution in [1.29, 1.82) is 0 Å². The monoisotopic (exact) mass is 150 g/mol. The van der Waals surface area contributed by atoms with Crippen LogP contribution in [-0.4, -0.2) is 6.61 Å². The molecule has 0 amide bonds. The Kier molecular flexibility index (Phi) is 2.53. The lowest BCUT2D eigenvalue weighted by atomic mass is 10.0. The Hall–Kier alpha value is -0.980. The second-order valence-corrected chi connectivity index (χ2v) is 2.79. The maximum absolute atomic E-state index is 5.45.